The first kappa shape index (κ1) is 14.6. The first-order valence-corrected chi connectivity index (χ1v) is 8.74. The summed E-state index contributed by atoms with van der Waals surface area (Å²) >= 11 is 3.66. The standard InChI is InChI=1S/C14H21N3S2/c1-5-14(6-2,18-4)8-15-13-12-11(16-9-17-13)10(3)7-19-12/h7,9H,5-6,8H2,1-4H3,(H,15,16,17). The Hall–Kier alpha value is -0.810. The van der Waals surface area contributed by atoms with Gasteiger partial charge in [-0.1, -0.05) is 13.8 Å². The molecule has 2 aromatic rings. The van der Waals surface area contributed by atoms with Gasteiger partial charge in [-0.15, -0.1) is 11.3 Å². The summed E-state index contributed by atoms with van der Waals surface area (Å²) in [6.45, 7) is 7.56. The van der Waals surface area contributed by atoms with Gasteiger partial charge in [-0.05, 0) is 37.0 Å². The number of aryl methyl sites for hydroxylation is 1. The lowest BCUT2D eigenvalue weighted by Gasteiger charge is -2.30. The smallest absolute Gasteiger partial charge is 0.147 e. The van der Waals surface area contributed by atoms with Gasteiger partial charge in [0.2, 0.25) is 0 Å². The molecule has 3 nitrogen and oxygen atoms in total. The number of rotatable bonds is 6. The van der Waals surface area contributed by atoms with E-state index in [4.69, 9.17) is 0 Å². The Bertz CT molecular complexity index is 538. The molecule has 0 atom stereocenters. The van der Waals surface area contributed by atoms with Gasteiger partial charge in [-0.3, -0.25) is 0 Å². The quantitative estimate of drug-likeness (QED) is 0.860. The third kappa shape index (κ3) is 2.87. The van der Waals surface area contributed by atoms with Crippen molar-refractivity contribution in [2.24, 2.45) is 0 Å². The van der Waals surface area contributed by atoms with E-state index >= 15 is 0 Å². The molecule has 0 aromatic carbocycles. The molecule has 1 N–H and O–H groups in total. The molecule has 0 amide bonds. The molecule has 0 saturated heterocycles. The summed E-state index contributed by atoms with van der Waals surface area (Å²) in [5.74, 6) is 0.975. The topological polar surface area (TPSA) is 37.8 Å². The molecule has 0 aliphatic rings. The van der Waals surface area contributed by atoms with Crippen LogP contribution in [0.4, 0.5) is 5.82 Å². The number of fused-ring (bicyclic) bond motifs is 1. The van der Waals surface area contributed by atoms with Gasteiger partial charge in [0.25, 0.3) is 0 Å². The highest BCUT2D eigenvalue weighted by Gasteiger charge is 2.25. The average Bonchev–Trinajstić information content (AvgIpc) is 2.84. The van der Waals surface area contributed by atoms with Crippen molar-refractivity contribution in [1.82, 2.24) is 9.97 Å². The zero-order chi connectivity index (χ0) is 13.9. The van der Waals surface area contributed by atoms with Crippen molar-refractivity contribution >= 4 is 39.1 Å². The molecule has 0 aliphatic heterocycles. The van der Waals surface area contributed by atoms with Crippen molar-refractivity contribution in [1.29, 1.82) is 0 Å². The predicted octanol–water partition coefficient (Wildman–Crippen LogP) is 4.33. The zero-order valence-electron chi connectivity index (χ0n) is 12.0. The molecule has 19 heavy (non-hydrogen) atoms. The number of anilines is 1. The van der Waals surface area contributed by atoms with Crippen LogP contribution in [0.25, 0.3) is 10.2 Å². The lowest BCUT2D eigenvalue weighted by molar-refractivity contribution is 0.574. The van der Waals surface area contributed by atoms with E-state index in [-0.39, 0.29) is 0 Å². The minimum absolute atomic E-state index is 0.295. The van der Waals surface area contributed by atoms with E-state index in [1.165, 1.54) is 10.3 Å². The molecule has 0 radical (unpaired) electrons. The van der Waals surface area contributed by atoms with E-state index in [1.807, 2.05) is 11.8 Å². The first-order chi connectivity index (χ1) is 9.15. The van der Waals surface area contributed by atoms with E-state index in [2.05, 4.69) is 47.7 Å². The number of thiophene rings is 1. The fraction of sp³-hybridized carbons (Fsp3) is 0.571. The normalized spacial score (nSPS) is 12.0. The van der Waals surface area contributed by atoms with E-state index in [1.54, 1.807) is 17.7 Å². The SMILES string of the molecule is CCC(CC)(CNc1ncnc2c(C)csc12)SC. The van der Waals surface area contributed by atoms with E-state index in [0.29, 0.717) is 4.75 Å². The van der Waals surface area contributed by atoms with Crippen LogP contribution < -0.4 is 5.32 Å². The summed E-state index contributed by atoms with van der Waals surface area (Å²) < 4.78 is 1.46. The second kappa shape index (κ2) is 6.09. The third-order valence-corrected chi connectivity index (χ3v) is 6.51. The van der Waals surface area contributed by atoms with Crippen LogP contribution in [0.15, 0.2) is 11.7 Å². The Morgan fingerprint density at radius 1 is 1.32 bits per heavy atom. The molecule has 2 aromatic heterocycles. The van der Waals surface area contributed by atoms with Gasteiger partial charge in [0, 0.05) is 11.3 Å². The molecule has 0 spiro atoms. The molecule has 0 fully saturated rings. The van der Waals surface area contributed by atoms with Crippen LogP contribution in [0.3, 0.4) is 0 Å². The van der Waals surface area contributed by atoms with Crippen LogP contribution in [-0.2, 0) is 0 Å². The van der Waals surface area contributed by atoms with Gasteiger partial charge in [0.1, 0.15) is 12.1 Å². The van der Waals surface area contributed by atoms with E-state index in [9.17, 15) is 0 Å². The van der Waals surface area contributed by atoms with Crippen LogP contribution in [0.5, 0.6) is 0 Å². The second-order valence-corrected chi connectivity index (χ2v) is 6.92. The van der Waals surface area contributed by atoms with Crippen molar-refractivity contribution in [3.63, 3.8) is 0 Å². The summed E-state index contributed by atoms with van der Waals surface area (Å²) in [6.07, 6.45) is 6.17. The van der Waals surface area contributed by atoms with Gasteiger partial charge in [0.05, 0.1) is 10.2 Å². The van der Waals surface area contributed by atoms with Crippen molar-refractivity contribution in [3.05, 3.63) is 17.3 Å². The fourth-order valence-corrected chi connectivity index (χ4v) is 3.96. The first-order valence-electron chi connectivity index (χ1n) is 6.63. The number of thioether (sulfide) groups is 1. The van der Waals surface area contributed by atoms with Crippen molar-refractivity contribution in [2.75, 3.05) is 18.1 Å². The number of nitrogens with one attached hydrogen (secondary N) is 1. The molecule has 0 unspecified atom stereocenters. The molecule has 2 rings (SSSR count). The zero-order valence-corrected chi connectivity index (χ0v) is 13.6. The Labute approximate surface area is 123 Å². The number of hydrogen-bond donors (Lipinski definition) is 1. The molecular formula is C14H21N3S2. The number of nitrogens with zero attached hydrogens (tertiary/aromatic N) is 2. The monoisotopic (exact) mass is 295 g/mol. The minimum Gasteiger partial charge on any atom is -0.367 e. The van der Waals surface area contributed by atoms with Gasteiger partial charge < -0.3 is 5.32 Å². The number of hydrogen-bond acceptors (Lipinski definition) is 5. The summed E-state index contributed by atoms with van der Waals surface area (Å²) in [6, 6.07) is 0. The van der Waals surface area contributed by atoms with Crippen LogP contribution in [0.2, 0.25) is 0 Å². The molecule has 0 bridgehead atoms. The maximum Gasteiger partial charge on any atom is 0.147 e. The molecule has 0 saturated carbocycles. The Morgan fingerprint density at radius 3 is 2.68 bits per heavy atom. The maximum atomic E-state index is 4.41. The Balaban J connectivity index is 2.22. The van der Waals surface area contributed by atoms with Crippen molar-refractivity contribution in [3.8, 4) is 0 Å². The van der Waals surface area contributed by atoms with Gasteiger partial charge in [-0.25, -0.2) is 9.97 Å². The highest BCUT2D eigenvalue weighted by molar-refractivity contribution is 8.00. The third-order valence-electron chi connectivity index (χ3n) is 3.83. The molecule has 104 valence electrons. The van der Waals surface area contributed by atoms with E-state index in [0.717, 1.165) is 30.7 Å². The maximum absolute atomic E-state index is 4.41. The lowest BCUT2D eigenvalue weighted by atomic mass is 10.0. The number of aromatic nitrogens is 2. The lowest BCUT2D eigenvalue weighted by Crippen LogP contribution is -2.32. The molecular weight excluding hydrogens is 274 g/mol. The van der Waals surface area contributed by atoms with Crippen LogP contribution in [0, 0.1) is 6.92 Å². The van der Waals surface area contributed by atoms with Gasteiger partial charge >= 0.3 is 0 Å². The van der Waals surface area contributed by atoms with E-state index < -0.39 is 0 Å². The summed E-state index contributed by atoms with van der Waals surface area (Å²) in [5.41, 5.74) is 2.30. The Morgan fingerprint density at radius 2 is 2.05 bits per heavy atom. The Kier molecular flexibility index (Phi) is 4.68. The minimum atomic E-state index is 0.295. The highest BCUT2D eigenvalue weighted by Crippen LogP contribution is 2.33. The van der Waals surface area contributed by atoms with Crippen LogP contribution >= 0.6 is 23.1 Å². The van der Waals surface area contributed by atoms with Crippen molar-refractivity contribution in [2.45, 2.75) is 38.4 Å². The largest absolute Gasteiger partial charge is 0.367 e. The predicted molar refractivity (Wildman–Crippen MR) is 87.5 cm³/mol. The molecule has 5 heteroatoms. The summed E-state index contributed by atoms with van der Waals surface area (Å²) in [4.78, 5) is 8.77. The summed E-state index contributed by atoms with van der Waals surface area (Å²) in [5, 5.41) is 5.68. The van der Waals surface area contributed by atoms with Gasteiger partial charge in [0.15, 0.2) is 0 Å². The summed E-state index contributed by atoms with van der Waals surface area (Å²) in [7, 11) is 0. The van der Waals surface area contributed by atoms with Crippen molar-refractivity contribution < 1.29 is 0 Å². The molecule has 0 aliphatic carbocycles. The molecule has 2 heterocycles. The average molecular weight is 295 g/mol. The second-order valence-electron chi connectivity index (χ2n) is 4.77. The van der Waals surface area contributed by atoms with Crippen LogP contribution in [0.1, 0.15) is 32.3 Å². The fourth-order valence-electron chi connectivity index (χ4n) is 2.20. The highest BCUT2D eigenvalue weighted by atomic mass is 32.2. The van der Waals surface area contributed by atoms with Gasteiger partial charge in [-0.2, -0.15) is 11.8 Å². The van der Waals surface area contributed by atoms with Crippen LogP contribution in [-0.4, -0.2) is 27.5 Å².